The van der Waals surface area contributed by atoms with E-state index >= 15 is 0 Å². The third-order valence-electron chi connectivity index (χ3n) is 3.60. The zero-order valence-electron chi connectivity index (χ0n) is 14.2. The molecule has 1 heterocycles. The molecule has 0 bridgehead atoms. The molecule has 6 nitrogen and oxygen atoms in total. The third-order valence-corrected chi connectivity index (χ3v) is 3.84. The molecular formula is C19H20ClNO5. The molecule has 7 heteroatoms. The Morgan fingerprint density at radius 1 is 0.846 bits per heavy atom. The highest BCUT2D eigenvalue weighted by Gasteiger charge is 2.08. The van der Waals surface area contributed by atoms with Crippen LogP contribution in [-0.2, 0) is 9.47 Å². The smallest absolute Gasteiger partial charge is 0.161 e. The first kappa shape index (κ1) is 18.5. The maximum Gasteiger partial charge on any atom is 0.161 e. The number of rotatable bonds is 2. The van der Waals surface area contributed by atoms with Crippen molar-refractivity contribution < 1.29 is 24.1 Å². The number of benzene rings is 2. The Kier molecular flexibility index (Phi) is 6.71. The number of hydrogen-bond donors (Lipinski definition) is 1. The lowest BCUT2D eigenvalue weighted by atomic mass is 10.2. The van der Waals surface area contributed by atoms with Gasteiger partial charge in [0.25, 0.3) is 0 Å². The average molecular weight is 378 g/mol. The largest absolute Gasteiger partial charge is 0.506 e. The number of aromatic hydroxyl groups is 1. The van der Waals surface area contributed by atoms with Crippen LogP contribution in [0.5, 0.6) is 17.2 Å². The van der Waals surface area contributed by atoms with E-state index in [9.17, 15) is 5.11 Å². The summed E-state index contributed by atoms with van der Waals surface area (Å²) in [6.07, 6.45) is 1.63. The van der Waals surface area contributed by atoms with Crippen molar-refractivity contribution in [1.29, 1.82) is 0 Å². The molecule has 26 heavy (non-hydrogen) atoms. The normalized spacial score (nSPS) is 16.0. The Balaban J connectivity index is 1.77. The van der Waals surface area contributed by atoms with Crippen molar-refractivity contribution in [3.63, 3.8) is 0 Å². The zero-order chi connectivity index (χ0) is 18.2. The Labute approximate surface area is 156 Å². The second-order valence-corrected chi connectivity index (χ2v) is 5.96. The van der Waals surface area contributed by atoms with Crippen LogP contribution in [-0.4, -0.2) is 51.0 Å². The predicted molar refractivity (Wildman–Crippen MR) is 99.4 cm³/mol. The summed E-state index contributed by atoms with van der Waals surface area (Å²) in [5.74, 6) is 1.30. The molecule has 1 N–H and O–H groups in total. The van der Waals surface area contributed by atoms with E-state index in [0.29, 0.717) is 61.9 Å². The summed E-state index contributed by atoms with van der Waals surface area (Å²) in [5, 5.41) is 10.3. The molecule has 2 aromatic rings. The van der Waals surface area contributed by atoms with Gasteiger partial charge in [-0.05, 0) is 42.0 Å². The van der Waals surface area contributed by atoms with Crippen molar-refractivity contribution in [2.24, 2.45) is 4.99 Å². The first-order valence-corrected chi connectivity index (χ1v) is 8.68. The van der Waals surface area contributed by atoms with E-state index in [1.165, 1.54) is 6.07 Å². The van der Waals surface area contributed by atoms with Gasteiger partial charge in [-0.1, -0.05) is 11.6 Å². The van der Waals surface area contributed by atoms with E-state index in [4.69, 9.17) is 30.5 Å². The number of phenols is 1. The minimum atomic E-state index is 0.0636. The molecule has 0 aliphatic carbocycles. The molecule has 3 rings (SSSR count). The molecule has 0 unspecified atom stereocenters. The predicted octanol–water partition coefficient (Wildman–Crippen LogP) is 3.60. The van der Waals surface area contributed by atoms with Gasteiger partial charge in [-0.2, -0.15) is 0 Å². The molecule has 0 aromatic heterocycles. The van der Waals surface area contributed by atoms with Crippen LogP contribution < -0.4 is 9.47 Å². The molecular weight excluding hydrogens is 358 g/mol. The summed E-state index contributed by atoms with van der Waals surface area (Å²) in [6.45, 7) is 2.87. The monoisotopic (exact) mass is 377 g/mol. The fraction of sp³-hybridized carbons (Fsp3) is 0.316. The highest BCUT2D eigenvalue weighted by atomic mass is 35.5. The van der Waals surface area contributed by atoms with E-state index in [1.807, 2.05) is 18.2 Å². The lowest BCUT2D eigenvalue weighted by Crippen LogP contribution is -2.15. The van der Waals surface area contributed by atoms with Crippen molar-refractivity contribution >= 4 is 23.5 Å². The van der Waals surface area contributed by atoms with Crippen LogP contribution in [0.15, 0.2) is 41.4 Å². The lowest BCUT2D eigenvalue weighted by Gasteiger charge is -2.15. The van der Waals surface area contributed by atoms with Gasteiger partial charge in [0.05, 0.1) is 26.4 Å². The third kappa shape index (κ3) is 5.36. The van der Waals surface area contributed by atoms with Crippen LogP contribution in [0.1, 0.15) is 5.56 Å². The summed E-state index contributed by atoms with van der Waals surface area (Å²) >= 11 is 5.94. The number of ether oxygens (including phenoxy) is 4. The van der Waals surface area contributed by atoms with Crippen molar-refractivity contribution in [2.45, 2.75) is 0 Å². The van der Waals surface area contributed by atoms with Crippen molar-refractivity contribution in [3.05, 3.63) is 47.0 Å². The number of aliphatic imine (C=N–C) groups is 1. The molecule has 0 amide bonds. The Morgan fingerprint density at radius 2 is 1.54 bits per heavy atom. The summed E-state index contributed by atoms with van der Waals surface area (Å²) in [5.41, 5.74) is 1.20. The number of fused-ring (bicyclic) bond motifs is 1. The molecule has 2 aromatic carbocycles. The second-order valence-electron chi connectivity index (χ2n) is 5.52. The first-order chi connectivity index (χ1) is 12.7. The maximum absolute atomic E-state index is 9.84. The molecule has 138 valence electrons. The van der Waals surface area contributed by atoms with Crippen molar-refractivity contribution in [3.8, 4) is 17.2 Å². The highest BCUT2D eigenvalue weighted by molar-refractivity contribution is 6.30. The SMILES string of the molecule is Oc1ccc(Cl)cc1N=Cc1ccc2c(c1)OCCOCCOCCO2. The van der Waals surface area contributed by atoms with Gasteiger partial charge in [0.15, 0.2) is 11.5 Å². The number of halogens is 1. The van der Waals surface area contributed by atoms with E-state index in [-0.39, 0.29) is 5.75 Å². The van der Waals surface area contributed by atoms with Gasteiger partial charge in [0.1, 0.15) is 24.7 Å². The molecule has 1 aliphatic rings. The second kappa shape index (κ2) is 9.43. The minimum Gasteiger partial charge on any atom is -0.506 e. The standard InChI is InChI=1S/C19H20ClNO5/c20-15-2-3-17(22)16(12-15)21-13-14-1-4-18-19(11-14)26-10-8-24-6-5-23-7-9-25-18/h1-4,11-13,22H,5-10H2. The van der Waals surface area contributed by atoms with Gasteiger partial charge in [-0.3, -0.25) is 4.99 Å². The number of nitrogens with zero attached hydrogens (tertiary/aromatic N) is 1. The van der Waals surface area contributed by atoms with Crippen LogP contribution in [0.25, 0.3) is 0 Å². The Hall–Kier alpha value is -2.28. The van der Waals surface area contributed by atoms with E-state index < -0.39 is 0 Å². The number of phenolic OH excluding ortho intramolecular Hbond substituents is 1. The van der Waals surface area contributed by atoms with Crippen LogP contribution in [0.4, 0.5) is 5.69 Å². The quantitative estimate of drug-likeness (QED) is 0.810. The Bertz CT molecular complexity index is 766. The van der Waals surface area contributed by atoms with Crippen LogP contribution in [0.3, 0.4) is 0 Å². The topological polar surface area (TPSA) is 69.5 Å². The van der Waals surface area contributed by atoms with Gasteiger partial charge >= 0.3 is 0 Å². The molecule has 0 atom stereocenters. The Morgan fingerprint density at radius 3 is 2.31 bits per heavy atom. The first-order valence-electron chi connectivity index (χ1n) is 8.30. The summed E-state index contributed by atoms with van der Waals surface area (Å²) < 4.78 is 22.3. The van der Waals surface area contributed by atoms with Gasteiger partial charge in [0.2, 0.25) is 0 Å². The molecule has 0 radical (unpaired) electrons. The van der Waals surface area contributed by atoms with Crippen molar-refractivity contribution in [1.82, 2.24) is 0 Å². The summed E-state index contributed by atoms with van der Waals surface area (Å²) in [7, 11) is 0. The fourth-order valence-electron chi connectivity index (χ4n) is 2.32. The zero-order valence-corrected chi connectivity index (χ0v) is 14.9. The number of hydrogen-bond acceptors (Lipinski definition) is 6. The van der Waals surface area contributed by atoms with E-state index in [0.717, 1.165) is 5.56 Å². The van der Waals surface area contributed by atoms with Crippen LogP contribution in [0, 0.1) is 0 Å². The summed E-state index contributed by atoms with van der Waals surface area (Å²) in [6, 6.07) is 10.2. The molecule has 0 fully saturated rings. The van der Waals surface area contributed by atoms with Gasteiger partial charge in [0, 0.05) is 11.2 Å². The van der Waals surface area contributed by atoms with E-state index in [1.54, 1.807) is 18.3 Å². The van der Waals surface area contributed by atoms with Crippen LogP contribution in [0.2, 0.25) is 5.02 Å². The molecule has 0 saturated heterocycles. The minimum absolute atomic E-state index is 0.0636. The van der Waals surface area contributed by atoms with Crippen molar-refractivity contribution in [2.75, 3.05) is 39.6 Å². The van der Waals surface area contributed by atoms with Gasteiger partial charge in [-0.25, -0.2) is 0 Å². The van der Waals surface area contributed by atoms with Gasteiger partial charge in [-0.15, -0.1) is 0 Å². The molecule has 0 spiro atoms. The molecule has 1 aliphatic heterocycles. The highest BCUT2D eigenvalue weighted by Crippen LogP contribution is 2.31. The maximum atomic E-state index is 9.84. The van der Waals surface area contributed by atoms with Crippen LogP contribution >= 0.6 is 11.6 Å². The van der Waals surface area contributed by atoms with Gasteiger partial charge < -0.3 is 24.1 Å². The lowest BCUT2D eigenvalue weighted by molar-refractivity contribution is 0.0223. The summed E-state index contributed by atoms with van der Waals surface area (Å²) in [4.78, 5) is 4.29. The fourth-order valence-corrected chi connectivity index (χ4v) is 2.49. The van der Waals surface area contributed by atoms with E-state index in [2.05, 4.69) is 4.99 Å². The average Bonchev–Trinajstić information content (AvgIpc) is 2.63. The molecule has 0 saturated carbocycles.